The molecule has 0 aromatic heterocycles. The lowest BCUT2D eigenvalue weighted by Gasteiger charge is -2.20. The highest BCUT2D eigenvalue weighted by molar-refractivity contribution is 5.87. The van der Waals surface area contributed by atoms with Gasteiger partial charge in [-0.3, -0.25) is 4.79 Å². The molecule has 2 amide bonds. The second-order valence-electron chi connectivity index (χ2n) is 5.94. The SMILES string of the molecule is COC(=O)C(CCCNC(=O)OC(C)(C)C)NC(=O)[C@@H](C)N. The molecular weight excluding hydrogens is 290 g/mol. The van der Waals surface area contributed by atoms with E-state index in [4.69, 9.17) is 10.5 Å². The molecule has 0 saturated carbocycles. The van der Waals surface area contributed by atoms with Gasteiger partial charge in [-0.25, -0.2) is 9.59 Å². The zero-order chi connectivity index (χ0) is 17.3. The van der Waals surface area contributed by atoms with Crippen molar-refractivity contribution in [2.24, 2.45) is 5.73 Å². The maximum atomic E-state index is 11.6. The molecule has 0 spiro atoms. The van der Waals surface area contributed by atoms with E-state index in [1.54, 1.807) is 20.8 Å². The van der Waals surface area contributed by atoms with Crippen LogP contribution in [-0.2, 0) is 19.1 Å². The third-order valence-corrected chi connectivity index (χ3v) is 2.55. The first-order valence-electron chi connectivity index (χ1n) is 7.17. The molecule has 2 atom stereocenters. The van der Waals surface area contributed by atoms with Crippen LogP contribution in [0.2, 0.25) is 0 Å². The van der Waals surface area contributed by atoms with Gasteiger partial charge in [0.1, 0.15) is 11.6 Å². The van der Waals surface area contributed by atoms with Crippen LogP contribution in [0.5, 0.6) is 0 Å². The number of alkyl carbamates (subject to hydrolysis) is 1. The van der Waals surface area contributed by atoms with E-state index in [1.165, 1.54) is 14.0 Å². The van der Waals surface area contributed by atoms with Gasteiger partial charge in [-0.05, 0) is 40.5 Å². The summed E-state index contributed by atoms with van der Waals surface area (Å²) in [6, 6.07) is -1.50. The van der Waals surface area contributed by atoms with E-state index in [1.807, 2.05) is 0 Å². The van der Waals surface area contributed by atoms with Gasteiger partial charge in [0.2, 0.25) is 5.91 Å². The van der Waals surface area contributed by atoms with Crippen LogP contribution in [0.15, 0.2) is 0 Å². The highest BCUT2D eigenvalue weighted by Crippen LogP contribution is 2.06. The van der Waals surface area contributed by atoms with E-state index in [0.717, 1.165) is 0 Å². The number of methoxy groups -OCH3 is 1. The van der Waals surface area contributed by atoms with Gasteiger partial charge in [0, 0.05) is 6.54 Å². The van der Waals surface area contributed by atoms with Gasteiger partial charge in [0.05, 0.1) is 13.2 Å². The van der Waals surface area contributed by atoms with Crippen molar-refractivity contribution < 1.29 is 23.9 Å². The maximum absolute atomic E-state index is 11.6. The summed E-state index contributed by atoms with van der Waals surface area (Å²) in [6.45, 7) is 7.14. The second kappa shape index (κ2) is 9.24. The third kappa shape index (κ3) is 9.17. The van der Waals surface area contributed by atoms with Gasteiger partial charge in [-0.2, -0.15) is 0 Å². The monoisotopic (exact) mass is 317 g/mol. The van der Waals surface area contributed by atoms with Gasteiger partial charge in [-0.15, -0.1) is 0 Å². The zero-order valence-corrected chi connectivity index (χ0v) is 13.9. The Morgan fingerprint density at radius 3 is 2.27 bits per heavy atom. The number of nitrogens with one attached hydrogen (secondary N) is 2. The fourth-order valence-electron chi connectivity index (χ4n) is 1.51. The van der Waals surface area contributed by atoms with Crippen LogP contribution in [0, 0.1) is 0 Å². The molecule has 0 bridgehead atoms. The van der Waals surface area contributed by atoms with E-state index in [9.17, 15) is 14.4 Å². The Kier molecular flexibility index (Phi) is 8.47. The lowest BCUT2D eigenvalue weighted by molar-refractivity contribution is -0.145. The Morgan fingerprint density at radius 1 is 1.23 bits per heavy atom. The number of hydrogen-bond donors (Lipinski definition) is 3. The first kappa shape index (κ1) is 20.2. The summed E-state index contributed by atoms with van der Waals surface area (Å²) in [5, 5.41) is 5.09. The van der Waals surface area contributed by atoms with Crippen molar-refractivity contribution in [2.75, 3.05) is 13.7 Å². The van der Waals surface area contributed by atoms with Gasteiger partial charge >= 0.3 is 12.1 Å². The summed E-state index contributed by atoms with van der Waals surface area (Å²) in [7, 11) is 1.24. The van der Waals surface area contributed by atoms with Crippen molar-refractivity contribution in [3.05, 3.63) is 0 Å². The largest absolute Gasteiger partial charge is 0.467 e. The minimum atomic E-state index is -0.788. The van der Waals surface area contributed by atoms with Gasteiger partial charge in [-0.1, -0.05) is 0 Å². The van der Waals surface area contributed by atoms with Crippen LogP contribution in [-0.4, -0.2) is 49.3 Å². The van der Waals surface area contributed by atoms with Gasteiger partial charge in [0.15, 0.2) is 0 Å². The van der Waals surface area contributed by atoms with Crippen molar-refractivity contribution >= 4 is 18.0 Å². The molecule has 128 valence electrons. The van der Waals surface area contributed by atoms with Crippen molar-refractivity contribution in [1.29, 1.82) is 0 Å². The average molecular weight is 317 g/mol. The van der Waals surface area contributed by atoms with E-state index in [0.29, 0.717) is 19.4 Å². The average Bonchev–Trinajstić information content (AvgIpc) is 2.38. The van der Waals surface area contributed by atoms with Crippen molar-refractivity contribution in [3.63, 3.8) is 0 Å². The van der Waals surface area contributed by atoms with Gasteiger partial charge in [0.25, 0.3) is 0 Å². The number of hydrogen-bond acceptors (Lipinski definition) is 6. The van der Waals surface area contributed by atoms with Crippen molar-refractivity contribution in [1.82, 2.24) is 10.6 Å². The zero-order valence-electron chi connectivity index (χ0n) is 13.9. The lowest BCUT2D eigenvalue weighted by atomic mass is 10.1. The Bertz CT molecular complexity index is 390. The molecule has 0 aromatic rings. The van der Waals surface area contributed by atoms with E-state index < -0.39 is 35.7 Å². The van der Waals surface area contributed by atoms with E-state index >= 15 is 0 Å². The molecule has 0 aliphatic carbocycles. The fraction of sp³-hybridized carbons (Fsp3) is 0.786. The number of rotatable bonds is 7. The second-order valence-corrected chi connectivity index (χ2v) is 5.94. The summed E-state index contributed by atoms with van der Waals surface area (Å²) >= 11 is 0. The van der Waals surface area contributed by atoms with Gasteiger partial charge < -0.3 is 25.8 Å². The minimum absolute atomic E-state index is 0.316. The molecule has 1 unspecified atom stereocenters. The standard InChI is InChI=1S/C14H27N3O5/c1-9(15)11(18)17-10(12(19)21-5)7-6-8-16-13(20)22-14(2,3)4/h9-10H,6-8,15H2,1-5H3,(H,16,20)(H,17,18)/t9-,10?/m1/s1. The number of carbonyl (C=O) groups excluding carboxylic acids is 3. The minimum Gasteiger partial charge on any atom is -0.467 e. The first-order valence-corrected chi connectivity index (χ1v) is 7.17. The van der Waals surface area contributed by atoms with Crippen LogP contribution >= 0.6 is 0 Å². The number of carbonyl (C=O) groups is 3. The number of nitrogens with two attached hydrogens (primary N) is 1. The molecule has 0 rings (SSSR count). The number of amides is 2. The number of esters is 1. The van der Waals surface area contributed by atoms with E-state index in [-0.39, 0.29) is 0 Å². The molecule has 8 nitrogen and oxygen atoms in total. The predicted octanol–water partition coefficient (Wildman–Crippen LogP) is 0.296. The Hall–Kier alpha value is -1.83. The lowest BCUT2D eigenvalue weighted by Crippen LogP contribution is -2.48. The van der Waals surface area contributed by atoms with Crippen LogP contribution in [0.25, 0.3) is 0 Å². The fourth-order valence-corrected chi connectivity index (χ4v) is 1.51. The van der Waals surface area contributed by atoms with Crippen LogP contribution in [0.1, 0.15) is 40.5 Å². The smallest absolute Gasteiger partial charge is 0.407 e. The molecule has 0 aliphatic rings. The maximum Gasteiger partial charge on any atom is 0.407 e. The Labute approximate surface area is 131 Å². The molecule has 0 radical (unpaired) electrons. The predicted molar refractivity (Wildman–Crippen MR) is 81.1 cm³/mol. The summed E-state index contributed by atoms with van der Waals surface area (Å²) in [5.41, 5.74) is 4.88. The molecule has 8 heteroatoms. The number of ether oxygens (including phenoxy) is 2. The van der Waals surface area contributed by atoms with Crippen molar-refractivity contribution in [3.8, 4) is 0 Å². The molecule has 4 N–H and O–H groups in total. The molecule has 0 fully saturated rings. The van der Waals surface area contributed by atoms with Crippen molar-refractivity contribution in [2.45, 2.75) is 58.2 Å². The van der Waals surface area contributed by atoms with Crippen LogP contribution in [0.3, 0.4) is 0 Å². The molecule has 0 aliphatic heterocycles. The molecule has 0 aromatic carbocycles. The van der Waals surface area contributed by atoms with E-state index in [2.05, 4.69) is 15.4 Å². The summed E-state index contributed by atoms with van der Waals surface area (Å²) < 4.78 is 9.71. The third-order valence-electron chi connectivity index (χ3n) is 2.55. The molecular formula is C14H27N3O5. The normalized spacial score (nSPS) is 13.7. The summed E-state index contributed by atoms with van der Waals surface area (Å²) in [5.74, 6) is -0.984. The first-order chi connectivity index (χ1) is 10.1. The topological polar surface area (TPSA) is 120 Å². The molecule has 0 heterocycles. The van der Waals surface area contributed by atoms with Crippen LogP contribution < -0.4 is 16.4 Å². The molecule has 0 saturated heterocycles. The highest BCUT2D eigenvalue weighted by Gasteiger charge is 2.22. The Morgan fingerprint density at radius 2 is 1.82 bits per heavy atom. The molecule has 22 heavy (non-hydrogen) atoms. The Balaban J connectivity index is 4.22. The quantitative estimate of drug-likeness (QED) is 0.459. The van der Waals surface area contributed by atoms with Crippen LogP contribution in [0.4, 0.5) is 4.79 Å². The summed E-state index contributed by atoms with van der Waals surface area (Å²) in [4.78, 5) is 34.6. The highest BCUT2D eigenvalue weighted by atomic mass is 16.6. The summed E-state index contributed by atoms with van der Waals surface area (Å²) in [6.07, 6.45) is 0.265.